The number of hydrogen-bond donors (Lipinski definition) is 5. The van der Waals surface area contributed by atoms with E-state index in [0.29, 0.717) is 6.07 Å². The van der Waals surface area contributed by atoms with Crippen LogP contribution in [0.15, 0.2) is 36.9 Å². The lowest BCUT2D eigenvalue weighted by atomic mass is 10.1. The van der Waals surface area contributed by atoms with Crippen molar-refractivity contribution in [2.75, 3.05) is 12.4 Å². The zero-order valence-electron chi connectivity index (χ0n) is 16.9. The van der Waals surface area contributed by atoms with Gasteiger partial charge >= 0.3 is 0 Å². The first-order valence-corrected chi connectivity index (χ1v) is 11.5. The van der Waals surface area contributed by atoms with E-state index in [4.69, 9.17) is 5.73 Å². The standard InChI is InChI=1S/C16H19N5O9S2/c1-4-21-15(23)12(14(17)22)7(2)13(16(21)24)20-19-9-5-8(18-3)10(31(25,26)27)6-11(9)32(28,29)30/h5-6,18,24H,4H2,1-3H3,(H2,17,22)(H,25,26,27)(H,28,29,30). The second-order valence-corrected chi connectivity index (χ2v) is 9.08. The average Bonchev–Trinajstić information content (AvgIpc) is 2.65. The Labute approximate surface area is 181 Å². The Morgan fingerprint density at radius 1 is 1.12 bits per heavy atom. The number of azo groups is 1. The summed E-state index contributed by atoms with van der Waals surface area (Å²) in [6.07, 6.45) is 0. The molecular formula is C16H19N5O9S2. The molecule has 1 heterocycles. The van der Waals surface area contributed by atoms with Gasteiger partial charge in [0.25, 0.3) is 31.7 Å². The Morgan fingerprint density at radius 3 is 2.12 bits per heavy atom. The number of carbonyl (C=O) groups is 1. The van der Waals surface area contributed by atoms with Crippen LogP contribution in [0.2, 0.25) is 0 Å². The van der Waals surface area contributed by atoms with Gasteiger partial charge in [-0.15, -0.1) is 10.2 Å². The summed E-state index contributed by atoms with van der Waals surface area (Å²) in [5, 5.41) is 20.1. The highest BCUT2D eigenvalue weighted by atomic mass is 32.2. The van der Waals surface area contributed by atoms with Gasteiger partial charge in [-0.05, 0) is 26.0 Å². The fourth-order valence-electron chi connectivity index (χ4n) is 2.86. The predicted octanol–water partition coefficient (Wildman–Crippen LogP) is 0.932. The van der Waals surface area contributed by atoms with E-state index in [0.717, 1.165) is 10.6 Å². The maximum absolute atomic E-state index is 12.3. The van der Waals surface area contributed by atoms with Crippen molar-refractivity contribution in [3.8, 4) is 5.88 Å². The van der Waals surface area contributed by atoms with Gasteiger partial charge in [0.1, 0.15) is 26.7 Å². The van der Waals surface area contributed by atoms with E-state index in [1.807, 2.05) is 0 Å². The highest BCUT2D eigenvalue weighted by molar-refractivity contribution is 7.86. The number of anilines is 1. The number of hydrogen-bond acceptors (Lipinski definition) is 10. The minimum Gasteiger partial charge on any atom is -0.493 e. The number of primary amides is 1. The monoisotopic (exact) mass is 489 g/mol. The maximum atomic E-state index is 12.3. The van der Waals surface area contributed by atoms with Crippen LogP contribution in [0.3, 0.4) is 0 Å². The first-order valence-electron chi connectivity index (χ1n) is 8.63. The van der Waals surface area contributed by atoms with Crippen molar-refractivity contribution in [2.45, 2.75) is 30.2 Å². The molecule has 1 aromatic heterocycles. The first-order chi connectivity index (χ1) is 14.6. The molecule has 2 rings (SSSR count). The number of benzene rings is 1. The van der Waals surface area contributed by atoms with E-state index in [-0.39, 0.29) is 17.8 Å². The quantitative estimate of drug-likeness (QED) is 0.273. The number of pyridine rings is 1. The van der Waals surface area contributed by atoms with Crippen molar-refractivity contribution in [3.63, 3.8) is 0 Å². The van der Waals surface area contributed by atoms with E-state index >= 15 is 0 Å². The normalized spacial score (nSPS) is 12.3. The van der Waals surface area contributed by atoms with Crippen LogP contribution < -0.4 is 16.6 Å². The Morgan fingerprint density at radius 2 is 1.69 bits per heavy atom. The summed E-state index contributed by atoms with van der Waals surface area (Å²) in [5.74, 6) is -1.79. The smallest absolute Gasteiger partial charge is 0.296 e. The number of carbonyl (C=O) groups excluding carboxylic acids is 1. The van der Waals surface area contributed by atoms with Crippen LogP contribution in [0.4, 0.5) is 17.1 Å². The summed E-state index contributed by atoms with van der Waals surface area (Å²) in [6.45, 7) is 2.67. The van der Waals surface area contributed by atoms with Gasteiger partial charge in [-0.25, -0.2) is 0 Å². The third-order valence-corrected chi connectivity index (χ3v) is 6.14. The van der Waals surface area contributed by atoms with Gasteiger partial charge in [-0.1, -0.05) is 0 Å². The molecule has 32 heavy (non-hydrogen) atoms. The van der Waals surface area contributed by atoms with Crippen molar-refractivity contribution in [3.05, 3.63) is 33.6 Å². The van der Waals surface area contributed by atoms with Gasteiger partial charge in [-0.2, -0.15) is 16.8 Å². The molecule has 0 saturated heterocycles. The third kappa shape index (κ3) is 4.62. The molecule has 0 radical (unpaired) electrons. The lowest BCUT2D eigenvalue weighted by Crippen LogP contribution is -2.30. The van der Waals surface area contributed by atoms with Crippen LogP contribution in [0.1, 0.15) is 22.8 Å². The van der Waals surface area contributed by atoms with Gasteiger partial charge in [0.2, 0.25) is 5.88 Å². The Kier molecular flexibility index (Phi) is 6.74. The van der Waals surface area contributed by atoms with Crippen LogP contribution in [0, 0.1) is 6.92 Å². The Balaban J connectivity index is 2.89. The van der Waals surface area contributed by atoms with Gasteiger partial charge in [0, 0.05) is 19.2 Å². The molecule has 0 aliphatic rings. The minimum absolute atomic E-state index is 0.0724. The van der Waals surface area contributed by atoms with E-state index in [1.165, 1.54) is 20.9 Å². The lowest BCUT2D eigenvalue weighted by Gasteiger charge is -2.13. The lowest BCUT2D eigenvalue weighted by molar-refractivity contribution is 0.0997. The van der Waals surface area contributed by atoms with Crippen molar-refractivity contribution >= 4 is 43.2 Å². The van der Waals surface area contributed by atoms with E-state index in [1.54, 1.807) is 0 Å². The second kappa shape index (κ2) is 8.65. The number of aromatic hydroxyl groups is 1. The zero-order valence-corrected chi connectivity index (χ0v) is 18.5. The number of nitrogens with two attached hydrogens (primary N) is 1. The predicted molar refractivity (Wildman–Crippen MR) is 111 cm³/mol. The second-order valence-electron chi connectivity index (χ2n) is 6.30. The molecular weight excluding hydrogens is 470 g/mol. The molecule has 0 spiro atoms. The topological polar surface area (TPSA) is 231 Å². The van der Waals surface area contributed by atoms with Crippen molar-refractivity contribution in [1.29, 1.82) is 0 Å². The fourth-order valence-corrected chi connectivity index (χ4v) is 4.27. The number of aromatic nitrogens is 1. The van der Waals surface area contributed by atoms with Gasteiger partial charge in [0.15, 0.2) is 0 Å². The molecule has 16 heteroatoms. The summed E-state index contributed by atoms with van der Waals surface area (Å²) in [6, 6.07) is 1.31. The molecule has 174 valence electrons. The summed E-state index contributed by atoms with van der Waals surface area (Å²) < 4.78 is 66.2. The summed E-state index contributed by atoms with van der Waals surface area (Å²) >= 11 is 0. The van der Waals surface area contributed by atoms with Crippen LogP contribution >= 0.6 is 0 Å². The van der Waals surface area contributed by atoms with Crippen molar-refractivity contribution < 1.29 is 35.8 Å². The van der Waals surface area contributed by atoms with E-state index in [9.17, 15) is 40.6 Å². The maximum Gasteiger partial charge on any atom is 0.296 e. The minimum atomic E-state index is -5.06. The molecule has 0 aliphatic carbocycles. The van der Waals surface area contributed by atoms with Crippen LogP contribution in [-0.2, 0) is 26.8 Å². The molecule has 0 aliphatic heterocycles. The molecule has 1 amide bonds. The molecule has 2 aromatic rings. The Bertz CT molecular complexity index is 1410. The van der Waals surface area contributed by atoms with E-state index < -0.39 is 64.3 Å². The van der Waals surface area contributed by atoms with E-state index in [2.05, 4.69) is 15.5 Å². The molecule has 0 saturated carbocycles. The van der Waals surface area contributed by atoms with Gasteiger partial charge in [-0.3, -0.25) is 23.3 Å². The summed E-state index contributed by atoms with van der Waals surface area (Å²) in [5.41, 5.74) is 2.47. The molecule has 0 bridgehead atoms. The van der Waals surface area contributed by atoms with Crippen LogP contribution in [-0.4, -0.2) is 48.6 Å². The summed E-state index contributed by atoms with van der Waals surface area (Å²) in [7, 11) is -8.68. The number of nitrogens with zero attached hydrogens (tertiary/aromatic N) is 3. The fraction of sp³-hybridized carbons (Fsp3) is 0.250. The molecule has 0 unspecified atom stereocenters. The largest absolute Gasteiger partial charge is 0.493 e. The zero-order chi connectivity index (χ0) is 24.6. The number of amides is 1. The molecule has 0 fully saturated rings. The van der Waals surface area contributed by atoms with Crippen molar-refractivity contribution in [2.24, 2.45) is 16.0 Å². The first kappa shape index (κ1) is 24.9. The number of nitrogens with one attached hydrogen (secondary N) is 1. The SMILES string of the molecule is CCn1c(O)c(N=Nc2cc(NC)c(S(=O)(=O)O)cc2S(=O)(=O)O)c(C)c(C(N)=O)c1=O. The summed E-state index contributed by atoms with van der Waals surface area (Å²) in [4.78, 5) is 22.2. The molecule has 0 atom stereocenters. The average molecular weight is 489 g/mol. The van der Waals surface area contributed by atoms with Gasteiger partial charge in [0.05, 0.1) is 5.69 Å². The number of rotatable bonds is 7. The Hall–Kier alpha value is -3.34. The molecule has 1 aromatic carbocycles. The molecule has 6 N–H and O–H groups in total. The highest BCUT2D eigenvalue weighted by Crippen LogP contribution is 2.37. The van der Waals surface area contributed by atoms with Crippen molar-refractivity contribution in [1.82, 2.24) is 4.57 Å². The van der Waals surface area contributed by atoms with Gasteiger partial charge < -0.3 is 16.2 Å². The van der Waals surface area contributed by atoms with Crippen LogP contribution in [0.25, 0.3) is 0 Å². The highest BCUT2D eigenvalue weighted by Gasteiger charge is 2.25. The van der Waals surface area contributed by atoms with Crippen LogP contribution in [0.5, 0.6) is 5.88 Å². The molecule has 14 nitrogen and oxygen atoms in total. The third-order valence-electron chi connectivity index (χ3n) is 4.36.